The van der Waals surface area contributed by atoms with Crippen LogP contribution in [0, 0.1) is 6.92 Å². The van der Waals surface area contributed by atoms with Crippen LogP contribution in [0.25, 0.3) is 0 Å². The largest absolute Gasteiger partial charge is 0.482 e. The lowest BCUT2D eigenvalue weighted by molar-refractivity contribution is 0.145. The molecule has 0 unspecified atom stereocenters. The maximum absolute atomic E-state index is 12.0. The molecule has 2 rings (SSSR count). The molecule has 1 heterocycles. The van der Waals surface area contributed by atoms with Crippen LogP contribution in [0.4, 0.5) is 8.78 Å². The van der Waals surface area contributed by atoms with E-state index in [1.54, 1.807) is 23.5 Å². The Hall–Kier alpha value is -0.420. The van der Waals surface area contributed by atoms with E-state index in [1.165, 1.54) is 11.1 Å². The van der Waals surface area contributed by atoms with Gasteiger partial charge in [-0.3, -0.25) is 0 Å². The zero-order valence-corrected chi connectivity index (χ0v) is 11.9. The Labute approximate surface area is 115 Å². The first-order valence-electron chi connectivity index (χ1n) is 5.85. The highest BCUT2D eigenvalue weighted by Crippen LogP contribution is 2.34. The lowest BCUT2D eigenvalue weighted by Gasteiger charge is -2.20. The van der Waals surface area contributed by atoms with Gasteiger partial charge in [0.1, 0.15) is 11.7 Å². The van der Waals surface area contributed by atoms with E-state index in [2.05, 4.69) is 12.1 Å². The molecule has 1 nitrogen and oxygen atoms in total. The molecule has 0 aromatic heterocycles. The van der Waals surface area contributed by atoms with Crippen LogP contribution in [-0.2, 0) is 11.5 Å². The average Bonchev–Trinajstić information content (AvgIpc) is 2.35. The van der Waals surface area contributed by atoms with Crippen LogP contribution in [0.5, 0.6) is 5.75 Å². The Morgan fingerprint density at radius 2 is 2.28 bits per heavy atom. The Kier molecular flexibility index (Phi) is 5.18. The predicted octanol–water partition coefficient (Wildman–Crippen LogP) is 4.47. The van der Waals surface area contributed by atoms with Crippen molar-refractivity contribution < 1.29 is 13.5 Å². The first-order chi connectivity index (χ1) is 8.66. The molecule has 1 aliphatic heterocycles. The van der Waals surface area contributed by atoms with E-state index < -0.39 is 6.43 Å². The number of thioether (sulfide) groups is 2. The average molecular weight is 290 g/mol. The highest BCUT2D eigenvalue weighted by molar-refractivity contribution is 7.98. The van der Waals surface area contributed by atoms with Crippen LogP contribution in [0.2, 0.25) is 0 Å². The van der Waals surface area contributed by atoms with Crippen molar-refractivity contribution in [1.82, 2.24) is 0 Å². The number of rotatable bonds is 5. The van der Waals surface area contributed by atoms with Crippen LogP contribution in [0.1, 0.15) is 23.1 Å². The summed E-state index contributed by atoms with van der Waals surface area (Å²) in [6.07, 6.45) is -2.21. The van der Waals surface area contributed by atoms with E-state index >= 15 is 0 Å². The predicted molar refractivity (Wildman–Crippen MR) is 74.8 cm³/mol. The summed E-state index contributed by atoms with van der Waals surface area (Å²) in [6.45, 7) is 2.04. The van der Waals surface area contributed by atoms with Gasteiger partial charge >= 0.3 is 0 Å². The first kappa shape index (κ1) is 14.0. The van der Waals surface area contributed by atoms with E-state index in [9.17, 15) is 8.78 Å². The second-order valence-electron chi connectivity index (χ2n) is 4.24. The fourth-order valence-electron chi connectivity index (χ4n) is 1.94. The minimum Gasteiger partial charge on any atom is -0.482 e. The second kappa shape index (κ2) is 6.66. The van der Waals surface area contributed by atoms with Gasteiger partial charge in [0.05, 0.1) is 0 Å². The standard InChI is InChI=1S/C13H16F2OS2/c1-9-4-10(6-17-3-2-12(14)15)5-11-7-18-8-16-13(9)11/h4-5,12H,2-3,6-8H2,1H3. The van der Waals surface area contributed by atoms with E-state index in [1.807, 2.05) is 6.92 Å². The van der Waals surface area contributed by atoms with Gasteiger partial charge in [-0.15, -0.1) is 11.8 Å². The molecule has 1 aromatic carbocycles. The minimum atomic E-state index is -2.19. The summed E-state index contributed by atoms with van der Waals surface area (Å²) in [7, 11) is 0. The molecule has 0 amide bonds. The maximum atomic E-state index is 12.0. The van der Waals surface area contributed by atoms with Crippen molar-refractivity contribution in [2.75, 3.05) is 11.7 Å². The van der Waals surface area contributed by atoms with Crippen LogP contribution >= 0.6 is 23.5 Å². The smallest absolute Gasteiger partial charge is 0.239 e. The van der Waals surface area contributed by atoms with Gasteiger partial charge < -0.3 is 4.74 Å². The molecule has 0 fully saturated rings. The third-order valence-electron chi connectivity index (χ3n) is 2.70. The topological polar surface area (TPSA) is 9.23 Å². The highest BCUT2D eigenvalue weighted by atomic mass is 32.2. The van der Waals surface area contributed by atoms with Gasteiger partial charge in [0.2, 0.25) is 6.43 Å². The highest BCUT2D eigenvalue weighted by Gasteiger charge is 2.14. The van der Waals surface area contributed by atoms with E-state index in [-0.39, 0.29) is 6.42 Å². The summed E-state index contributed by atoms with van der Waals surface area (Å²) < 4.78 is 29.7. The summed E-state index contributed by atoms with van der Waals surface area (Å²) in [5.74, 6) is 4.02. The third-order valence-corrected chi connectivity index (χ3v) is 4.57. The molecule has 0 radical (unpaired) electrons. The molecule has 0 bridgehead atoms. The Morgan fingerprint density at radius 3 is 3.06 bits per heavy atom. The molecule has 0 atom stereocenters. The molecule has 1 aromatic rings. The first-order valence-corrected chi connectivity index (χ1v) is 8.16. The summed E-state index contributed by atoms with van der Waals surface area (Å²) in [5.41, 5.74) is 3.59. The second-order valence-corrected chi connectivity index (χ2v) is 6.28. The SMILES string of the molecule is Cc1cc(CSCCC(F)F)cc2c1OCSC2. The number of halogens is 2. The van der Waals surface area contributed by atoms with Gasteiger partial charge in [0.15, 0.2) is 0 Å². The molecule has 100 valence electrons. The van der Waals surface area contributed by atoms with Crippen molar-refractivity contribution in [3.05, 3.63) is 28.8 Å². The van der Waals surface area contributed by atoms with Crippen molar-refractivity contribution in [3.63, 3.8) is 0 Å². The minimum absolute atomic E-state index is 0.0203. The fourth-order valence-corrected chi connectivity index (χ4v) is 3.55. The molecule has 0 saturated heterocycles. The van der Waals surface area contributed by atoms with Crippen LogP contribution in [-0.4, -0.2) is 18.1 Å². The van der Waals surface area contributed by atoms with Gasteiger partial charge in [-0.1, -0.05) is 12.1 Å². The Bertz CT molecular complexity index is 410. The van der Waals surface area contributed by atoms with Gasteiger partial charge in [-0.05, 0) is 23.8 Å². The lowest BCUT2D eigenvalue weighted by Crippen LogP contribution is -2.05. The monoisotopic (exact) mass is 290 g/mol. The Balaban J connectivity index is 1.95. The zero-order chi connectivity index (χ0) is 13.0. The number of aryl methyl sites for hydroxylation is 1. The number of benzene rings is 1. The number of hydrogen-bond acceptors (Lipinski definition) is 3. The van der Waals surface area contributed by atoms with E-state index in [0.29, 0.717) is 5.75 Å². The normalized spacial score (nSPS) is 14.4. The third kappa shape index (κ3) is 3.79. The van der Waals surface area contributed by atoms with Gasteiger partial charge in [0.25, 0.3) is 0 Å². The molecular formula is C13H16F2OS2. The fraction of sp³-hybridized carbons (Fsp3) is 0.538. The van der Waals surface area contributed by atoms with Crippen LogP contribution in [0.15, 0.2) is 12.1 Å². The van der Waals surface area contributed by atoms with Crippen LogP contribution in [0.3, 0.4) is 0 Å². The van der Waals surface area contributed by atoms with Crippen molar-refractivity contribution in [1.29, 1.82) is 0 Å². The number of fused-ring (bicyclic) bond motifs is 1. The number of alkyl halides is 2. The van der Waals surface area contributed by atoms with Crippen molar-refractivity contribution in [2.45, 2.75) is 31.3 Å². The summed E-state index contributed by atoms with van der Waals surface area (Å²) in [5, 5.41) is 0. The molecule has 0 aliphatic carbocycles. The van der Waals surface area contributed by atoms with Gasteiger partial charge in [0, 0.05) is 23.5 Å². The quantitative estimate of drug-likeness (QED) is 0.741. The molecule has 0 spiro atoms. The van der Waals surface area contributed by atoms with Gasteiger partial charge in [-0.2, -0.15) is 11.8 Å². The molecule has 1 aliphatic rings. The number of hydrogen-bond donors (Lipinski definition) is 0. The maximum Gasteiger partial charge on any atom is 0.239 e. The summed E-state index contributed by atoms with van der Waals surface area (Å²) in [6, 6.07) is 4.24. The molecule has 5 heteroatoms. The van der Waals surface area contributed by atoms with E-state index in [4.69, 9.17) is 4.74 Å². The molecular weight excluding hydrogens is 274 g/mol. The van der Waals surface area contributed by atoms with Gasteiger partial charge in [-0.25, -0.2) is 8.78 Å². The molecule has 18 heavy (non-hydrogen) atoms. The lowest BCUT2D eigenvalue weighted by atomic mass is 10.1. The van der Waals surface area contributed by atoms with Crippen molar-refractivity contribution in [3.8, 4) is 5.75 Å². The van der Waals surface area contributed by atoms with E-state index in [0.717, 1.165) is 28.8 Å². The number of ether oxygens (including phenoxy) is 1. The summed E-state index contributed by atoms with van der Waals surface area (Å²) in [4.78, 5) is 0. The molecule has 0 N–H and O–H groups in total. The molecule has 0 saturated carbocycles. The van der Waals surface area contributed by atoms with Crippen LogP contribution < -0.4 is 4.74 Å². The zero-order valence-electron chi connectivity index (χ0n) is 10.2. The van der Waals surface area contributed by atoms with Crippen molar-refractivity contribution in [2.24, 2.45) is 0 Å². The summed E-state index contributed by atoms with van der Waals surface area (Å²) >= 11 is 3.33. The Morgan fingerprint density at radius 1 is 1.44 bits per heavy atom. The van der Waals surface area contributed by atoms with Crippen molar-refractivity contribution >= 4 is 23.5 Å².